The van der Waals surface area contributed by atoms with Crippen molar-refractivity contribution in [2.24, 2.45) is 11.7 Å². The Balaban J connectivity index is 0.00000288. The second-order valence-corrected chi connectivity index (χ2v) is 5.83. The molecule has 2 rings (SSSR count). The second kappa shape index (κ2) is 9.93. The molecule has 1 aromatic rings. The molecule has 11 heteroatoms. The van der Waals surface area contributed by atoms with E-state index < -0.39 is 36.1 Å². The van der Waals surface area contributed by atoms with E-state index in [0.717, 1.165) is 0 Å². The lowest BCUT2D eigenvalue weighted by Gasteiger charge is -2.20. The number of nitrogen functional groups attached to an aromatic ring is 1. The van der Waals surface area contributed by atoms with Crippen molar-refractivity contribution in [3.63, 3.8) is 0 Å². The number of esters is 1. The maximum atomic E-state index is 12.0. The van der Waals surface area contributed by atoms with Crippen molar-refractivity contribution >= 4 is 36.6 Å². The van der Waals surface area contributed by atoms with Gasteiger partial charge in [0.2, 0.25) is 0 Å². The first kappa shape index (κ1) is 23.6. The van der Waals surface area contributed by atoms with Crippen LogP contribution in [0.3, 0.4) is 0 Å². The van der Waals surface area contributed by atoms with Gasteiger partial charge in [0.25, 0.3) is 0 Å². The summed E-state index contributed by atoms with van der Waals surface area (Å²) in [5.74, 6) is -0.526. The lowest BCUT2D eigenvalue weighted by atomic mass is 10.1. The largest absolute Gasteiger partial charge is 0.458 e. The average Bonchev–Trinajstić information content (AvgIpc) is 2.88. The molecule has 1 aliphatic heterocycles. The third-order valence-electron chi connectivity index (χ3n) is 3.78. The SMILES string of the molecule is CC(C)[C@H](N)C(=O)O[C@@H]1C[C@@H](n2ccc(N)nc2=O)O[C@H]1CO.Cl.Cl. The number of rotatable bonds is 5. The van der Waals surface area contributed by atoms with Crippen molar-refractivity contribution in [3.8, 4) is 0 Å². The van der Waals surface area contributed by atoms with E-state index in [1.807, 2.05) is 13.8 Å². The van der Waals surface area contributed by atoms with Gasteiger partial charge in [-0.15, -0.1) is 24.8 Å². The number of anilines is 1. The Morgan fingerprint density at radius 2 is 2.16 bits per heavy atom. The Kier molecular flexibility index (Phi) is 9.38. The van der Waals surface area contributed by atoms with Crippen LogP contribution < -0.4 is 17.2 Å². The highest BCUT2D eigenvalue weighted by molar-refractivity contribution is 5.85. The summed E-state index contributed by atoms with van der Waals surface area (Å²) in [6, 6.07) is 0.710. The lowest BCUT2D eigenvalue weighted by molar-refractivity contribution is -0.155. The zero-order valence-corrected chi connectivity index (χ0v) is 15.5. The summed E-state index contributed by atoms with van der Waals surface area (Å²) in [5.41, 5.74) is 10.6. The molecule has 1 aromatic heterocycles. The van der Waals surface area contributed by atoms with Crippen molar-refractivity contribution in [2.45, 2.75) is 44.7 Å². The highest BCUT2D eigenvalue weighted by atomic mass is 35.5. The van der Waals surface area contributed by atoms with E-state index in [2.05, 4.69) is 4.98 Å². The normalized spacial score (nSPS) is 23.5. The van der Waals surface area contributed by atoms with Gasteiger partial charge < -0.3 is 26.0 Å². The monoisotopic (exact) mass is 398 g/mol. The molecule has 1 saturated heterocycles. The first-order valence-electron chi connectivity index (χ1n) is 7.40. The zero-order valence-electron chi connectivity index (χ0n) is 13.9. The van der Waals surface area contributed by atoms with Crippen LogP contribution in [0, 0.1) is 5.92 Å². The summed E-state index contributed by atoms with van der Waals surface area (Å²) >= 11 is 0. The molecule has 0 saturated carbocycles. The van der Waals surface area contributed by atoms with Gasteiger partial charge in [-0.3, -0.25) is 9.36 Å². The third-order valence-corrected chi connectivity index (χ3v) is 3.78. The smallest absolute Gasteiger partial charge is 0.351 e. The van der Waals surface area contributed by atoms with Gasteiger partial charge >= 0.3 is 11.7 Å². The maximum absolute atomic E-state index is 12.0. The zero-order chi connectivity index (χ0) is 17.1. The fourth-order valence-corrected chi connectivity index (χ4v) is 2.30. The van der Waals surface area contributed by atoms with Gasteiger partial charge in [-0.25, -0.2) is 4.79 Å². The predicted molar refractivity (Wildman–Crippen MR) is 95.7 cm³/mol. The van der Waals surface area contributed by atoms with Crippen molar-refractivity contribution in [2.75, 3.05) is 12.3 Å². The minimum atomic E-state index is -0.755. The molecule has 0 radical (unpaired) electrons. The van der Waals surface area contributed by atoms with E-state index in [1.54, 1.807) is 0 Å². The highest BCUT2D eigenvalue weighted by Crippen LogP contribution is 2.30. The van der Waals surface area contributed by atoms with Gasteiger partial charge in [-0.05, 0) is 12.0 Å². The number of hydrogen-bond acceptors (Lipinski definition) is 8. The van der Waals surface area contributed by atoms with Crippen LogP contribution in [0.15, 0.2) is 17.1 Å². The second-order valence-electron chi connectivity index (χ2n) is 5.83. The van der Waals surface area contributed by atoms with Crippen molar-refractivity contribution in [1.82, 2.24) is 9.55 Å². The average molecular weight is 399 g/mol. The molecule has 0 amide bonds. The Morgan fingerprint density at radius 3 is 2.68 bits per heavy atom. The third kappa shape index (κ3) is 5.55. The van der Waals surface area contributed by atoms with E-state index in [9.17, 15) is 14.7 Å². The number of aliphatic hydroxyl groups excluding tert-OH is 1. The first-order chi connectivity index (χ1) is 10.8. The molecule has 0 unspecified atom stereocenters. The molecular formula is C14H24Cl2N4O5. The molecule has 0 bridgehead atoms. The standard InChI is InChI=1S/C14H22N4O5.2ClH/c1-7(2)12(16)13(20)23-8-5-11(22-9(8)6-19)18-4-3-10(15)17-14(18)21;;/h3-4,7-9,11-12,19H,5-6,16H2,1-2H3,(H2,15,17,21);2*1H/t8-,9+,11+,12+;;/m1../s1. The number of ether oxygens (including phenoxy) is 2. The predicted octanol–water partition coefficient (Wildman–Crippen LogP) is -0.156. The Morgan fingerprint density at radius 1 is 1.52 bits per heavy atom. The molecule has 0 spiro atoms. The van der Waals surface area contributed by atoms with Gasteiger partial charge in [-0.2, -0.15) is 4.98 Å². The fraction of sp³-hybridized carbons (Fsp3) is 0.643. The summed E-state index contributed by atoms with van der Waals surface area (Å²) in [5, 5.41) is 9.40. The molecule has 25 heavy (non-hydrogen) atoms. The highest BCUT2D eigenvalue weighted by Gasteiger charge is 2.39. The van der Waals surface area contributed by atoms with Crippen LogP contribution in [0.2, 0.25) is 0 Å². The van der Waals surface area contributed by atoms with E-state index in [0.29, 0.717) is 0 Å². The van der Waals surface area contributed by atoms with E-state index >= 15 is 0 Å². The van der Waals surface area contributed by atoms with Crippen LogP contribution >= 0.6 is 24.8 Å². The Hall–Kier alpha value is -1.39. The molecule has 0 aliphatic carbocycles. The summed E-state index contributed by atoms with van der Waals surface area (Å²) in [6.45, 7) is 3.27. The quantitative estimate of drug-likeness (QED) is 0.580. The Bertz CT molecular complexity index is 627. The van der Waals surface area contributed by atoms with Gasteiger partial charge in [0.1, 0.15) is 30.3 Å². The maximum Gasteiger partial charge on any atom is 0.351 e. The topological polar surface area (TPSA) is 143 Å². The number of halogens is 2. The lowest BCUT2D eigenvalue weighted by Crippen LogP contribution is -2.41. The van der Waals surface area contributed by atoms with Crippen molar-refractivity contribution in [3.05, 3.63) is 22.7 Å². The summed E-state index contributed by atoms with van der Waals surface area (Å²) in [6.07, 6.45) is -0.443. The van der Waals surface area contributed by atoms with Gasteiger partial charge in [-0.1, -0.05) is 13.8 Å². The van der Waals surface area contributed by atoms with Crippen LogP contribution in [0.5, 0.6) is 0 Å². The van der Waals surface area contributed by atoms with Crippen LogP contribution in [-0.2, 0) is 14.3 Å². The molecule has 0 aromatic carbocycles. The van der Waals surface area contributed by atoms with Crippen molar-refractivity contribution < 1.29 is 19.4 Å². The minimum Gasteiger partial charge on any atom is -0.458 e. The molecule has 1 aliphatic rings. The summed E-state index contributed by atoms with van der Waals surface area (Å²) < 4.78 is 12.2. The first-order valence-corrected chi connectivity index (χ1v) is 7.40. The molecule has 2 heterocycles. The molecule has 1 fully saturated rings. The number of carbonyl (C=O) groups excluding carboxylic acids is 1. The fourth-order valence-electron chi connectivity index (χ4n) is 2.30. The molecule has 144 valence electrons. The van der Waals surface area contributed by atoms with Crippen LogP contribution in [0.1, 0.15) is 26.5 Å². The molecular weight excluding hydrogens is 375 g/mol. The van der Waals surface area contributed by atoms with Gasteiger partial charge in [0.05, 0.1) is 6.61 Å². The molecule has 5 N–H and O–H groups in total. The summed E-state index contributed by atoms with van der Waals surface area (Å²) in [4.78, 5) is 27.4. The van der Waals surface area contributed by atoms with Crippen LogP contribution in [0.4, 0.5) is 5.82 Å². The Labute approximate surface area is 157 Å². The number of carbonyl (C=O) groups is 1. The van der Waals surface area contributed by atoms with E-state index in [4.69, 9.17) is 20.9 Å². The number of nitrogens with two attached hydrogens (primary N) is 2. The number of aliphatic hydroxyl groups is 1. The van der Waals surface area contributed by atoms with Crippen LogP contribution in [0.25, 0.3) is 0 Å². The van der Waals surface area contributed by atoms with Gasteiger partial charge in [0.15, 0.2) is 0 Å². The minimum absolute atomic E-state index is 0. The molecule has 9 nitrogen and oxygen atoms in total. The summed E-state index contributed by atoms with van der Waals surface area (Å²) in [7, 11) is 0. The van der Waals surface area contributed by atoms with Gasteiger partial charge in [0, 0.05) is 12.6 Å². The van der Waals surface area contributed by atoms with E-state index in [-0.39, 0.29) is 49.6 Å². The van der Waals surface area contributed by atoms with E-state index in [1.165, 1.54) is 16.8 Å². The van der Waals surface area contributed by atoms with Crippen molar-refractivity contribution in [1.29, 1.82) is 0 Å². The number of nitrogens with zero attached hydrogens (tertiary/aromatic N) is 2. The number of aromatic nitrogens is 2. The number of hydrogen-bond donors (Lipinski definition) is 3. The molecule has 4 atom stereocenters. The van der Waals surface area contributed by atoms with Crippen LogP contribution in [-0.4, -0.2) is 45.5 Å².